The molecule has 0 radical (unpaired) electrons. The molecule has 0 aliphatic carbocycles. The maximum Gasteiger partial charge on any atom is 0.434 e. The van der Waals surface area contributed by atoms with Crippen molar-refractivity contribution in [2.24, 2.45) is 0 Å². The maximum atomic E-state index is 13.4. The van der Waals surface area contributed by atoms with Crippen molar-refractivity contribution in [1.82, 2.24) is 34.8 Å². The topological polar surface area (TPSA) is 102 Å². The third-order valence-corrected chi connectivity index (χ3v) is 5.67. The Morgan fingerprint density at radius 2 is 1.87 bits per heavy atom. The van der Waals surface area contributed by atoms with Gasteiger partial charge in [-0.05, 0) is 31.4 Å². The predicted octanol–water partition coefficient (Wildman–Crippen LogP) is 2.33. The molecule has 0 saturated carbocycles. The van der Waals surface area contributed by atoms with Crippen molar-refractivity contribution < 1.29 is 18.0 Å². The maximum absolute atomic E-state index is 13.4. The summed E-state index contributed by atoms with van der Waals surface area (Å²) in [7, 11) is 0. The Morgan fingerprint density at radius 3 is 2.58 bits per heavy atom. The van der Waals surface area contributed by atoms with Crippen molar-refractivity contribution in [3.63, 3.8) is 0 Å². The summed E-state index contributed by atoms with van der Waals surface area (Å²) in [5.74, 6) is 0.0282. The van der Waals surface area contributed by atoms with Crippen LogP contribution in [0.25, 0.3) is 5.69 Å². The molecule has 5 rings (SSSR count). The number of aromatic nitrogens is 6. The molecule has 9 nitrogen and oxygen atoms in total. The van der Waals surface area contributed by atoms with Gasteiger partial charge in [0.2, 0.25) is 0 Å². The van der Waals surface area contributed by atoms with Crippen molar-refractivity contribution in [2.45, 2.75) is 43.6 Å². The highest BCUT2D eigenvalue weighted by molar-refractivity contribution is 5.96. The number of nitrogens with zero attached hydrogens (tertiary/aromatic N) is 7. The van der Waals surface area contributed by atoms with Crippen LogP contribution in [-0.2, 0) is 6.18 Å². The molecule has 0 unspecified atom stereocenters. The molecule has 0 aromatic carbocycles. The number of anilines is 1. The van der Waals surface area contributed by atoms with Gasteiger partial charge in [-0.1, -0.05) is 0 Å². The summed E-state index contributed by atoms with van der Waals surface area (Å²) in [5, 5.41) is 11.3. The second-order valence-corrected chi connectivity index (χ2v) is 7.47. The van der Waals surface area contributed by atoms with E-state index in [1.807, 2.05) is 4.90 Å². The monoisotopic (exact) mass is 430 g/mol. The second kappa shape index (κ2) is 7.29. The molecule has 5 heterocycles. The number of rotatable bonds is 4. The minimum Gasteiger partial charge on any atom is -0.364 e. The van der Waals surface area contributed by atoms with Gasteiger partial charge in [0.25, 0.3) is 5.91 Å². The third-order valence-electron chi connectivity index (χ3n) is 5.67. The van der Waals surface area contributed by atoms with E-state index in [0.717, 1.165) is 19.0 Å². The van der Waals surface area contributed by atoms with Crippen LogP contribution in [0.4, 0.5) is 19.0 Å². The van der Waals surface area contributed by atoms with Crippen LogP contribution in [0.2, 0.25) is 0 Å². The van der Waals surface area contributed by atoms with Gasteiger partial charge in [-0.3, -0.25) is 4.79 Å². The van der Waals surface area contributed by atoms with Crippen LogP contribution in [0.5, 0.6) is 0 Å². The zero-order valence-electron chi connectivity index (χ0n) is 16.1. The average molecular weight is 430 g/mol. The Kier molecular flexibility index (Phi) is 4.56. The summed E-state index contributed by atoms with van der Waals surface area (Å²) in [5.41, 5.74) is -0.301. The summed E-state index contributed by atoms with van der Waals surface area (Å²) in [6.07, 6.45) is 4.13. The van der Waals surface area contributed by atoms with Crippen LogP contribution in [0.1, 0.15) is 35.4 Å². The standard InChI is InChI=1S/C19H17F3N8O/c20-19(21,22)15-9-25-16(10-24-15)28-12-8-11-3-4-13(12)29(11)18(31)17-14(2-1-5-23-17)30-26-6-7-27-30/h1-2,5-7,9-13H,3-4,8H2,(H,25,28)/t11-,12-,13+/m1/s1. The molecule has 1 N–H and O–H groups in total. The van der Waals surface area contributed by atoms with E-state index in [4.69, 9.17) is 0 Å². The predicted molar refractivity (Wildman–Crippen MR) is 101 cm³/mol. The van der Waals surface area contributed by atoms with E-state index < -0.39 is 11.9 Å². The van der Waals surface area contributed by atoms with Crippen molar-refractivity contribution in [2.75, 3.05) is 5.32 Å². The molecule has 2 aliphatic rings. The molecule has 12 heteroatoms. The Balaban J connectivity index is 1.36. The van der Waals surface area contributed by atoms with E-state index in [0.29, 0.717) is 18.3 Å². The molecule has 2 fully saturated rings. The summed E-state index contributed by atoms with van der Waals surface area (Å²) in [4.78, 5) is 28.1. The third kappa shape index (κ3) is 3.47. The zero-order chi connectivity index (χ0) is 21.6. The first kappa shape index (κ1) is 19.4. The van der Waals surface area contributed by atoms with E-state index in [1.165, 1.54) is 17.2 Å². The Morgan fingerprint density at radius 1 is 1.06 bits per heavy atom. The molecule has 3 atom stereocenters. The zero-order valence-corrected chi connectivity index (χ0v) is 16.1. The highest BCUT2D eigenvalue weighted by Crippen LogP contribution is 2.40. The number of pyridine rings is 1. The van der Waals surface area contributed by atoms with E-state index >= 15 is 0 Å². The van der Waals surface area contributed by atoms with E-state index in [9.17, 15) is 18.0 Å². The number of nitrogens with one attached hydrogen (secondary N) is 1. The number of carbonyl (C=O) groups is 1. The van der Waals surface area contributed by atoms with Crippen LogP contribution >= 0.6 is 0 Å². The fourth-order valence-electron chi connectivity index (χ4n) is 4.38. The SMILES string of the molecule is O=C(c1ncccc1-n1nccn1)N1[C@@H]2CC[C@H]1[C@H](Nc1cnc(C(F)(F)F)cn1)C2. The molecule has 3 aromatic heterocycles. The van der Waals surface area contributed by atoms with Gasteiger partial charge in [0.05, 0.1) is 36.9 Å². The lowest BCUT2D eigenvalue weighted by molar-refractivity contribution is -0.141. The van der Waals surface area contributed by atoms with Crippen LogP contribution in [-0.4, -0.2) is 58.9 Å². The number of fused-ring (bicyclic) bond motifs is 2. The van der Waals surface area contributed by atoms with Gasteiger partial charge in [0.1, 0.15) is 11.5 Å². The van der Waals surface area contributed by atoms with Gasteiger partial charge in [0.15, 0.2) is 11.4 Å². The van der Waals surface area contributed by atoms with Crippen molar-refractivity contribution in [3.8, 4) is 5.69 Å². The van der Waals surface area contributed by atoms with Gasteiger partial charge < -0.3 is 10.2 Å². The Labute approximate surface area is 174 Å². The molecule has 160 valence electrons. The quantitative estimate of drug-likeness (QED) is 0.678. The summed E-state index contributed by atoms with van der Waals surface area (Å²) in [6.45, 7) is 0. The lowest BCUT2D eigenvalue weighted by Crippen LogP contribution is -2.40. The molecule has 2 saturated heterocycles. The Hall–Kier alpha value is -3.57. The first-order valence-corrected chi connectivity index (χ1v) is 9.72. The molecule has 0 spiro atoms. The average Bonchev–Trinajstić information content (AvgIpc) is 3.50. The summed E-state index contributed by atoms with van der Waals surface area (Å²) < 4.78 is 38.1. The van der Waals surface area contributed by atoms with Crippen LogP contribution in [0, 0.1) is 0 Å². The van der Waals surface area contributed by atoms with Crippen molar-refractivity contribution in [3.05, 3.63) is 54.5 Å². The molecular formula is C19H17F3N8O. The van der Waals surface area contributed by atoms with Gasteiger partial charge >= 0.3 is 6.18 Å². The minimum atomic E-state index is -4.54. The molecule has 3 aromatic rings. The Bertz CT molecular complexity index is 1090. The largest absolute Gasteiger partial charge is 0.434 e. The van der Waals surface area contributed by atoms with Gasteiger partial charge in [0, 0.05) is 12.2 Å². The number of carbonyl (C=O) groups excluding carboxylic acids is 1. The first-order chi connectivity index (χ1) is 14.9. The van der Waals surface area contributed by atoms with Crippen molar-refractivity contribution >= 4 is 11.7 Å². The first-order valence-electron chi connectivity index (χ1n) is 9.72. The minimum absolute atomic E-state index is 0.0119. The fraction of sp³-hybridized carbons (Fsp3) is 0.368. The van der Waals surface area contributed by atoms with Crippen LogP contribution < -0.4 is 5.32 Å². The normalized spacial score (nSPS) is 22.7. The van der Waals surface area contributed by atoms with Crippen molar-refractivity contribution in [1.29, 1.82) is 0 Å². The molecule has 31 heavy (non-hydrogen) atoms. The molecule has 2 aliphatic heterocycles. The summed E-state index contributed by atoms with van der Waals surface area (Å²) in [6, 6.07) is 3.19. The van der Waals surface area contributed by atoms with E-state index in [1.54, 1.807) is 18.3 Å². The molecule has 1 amide bonds. The van der Waals surface area contributed by atoms with Gasteiger partial charge in [-0.25, -0.2) is 15.0 Å². The van der Waals surface area contributed by atoms with Crippen LogP contribution in [0.15, 0.2) is 43.1 Å². The smallest absolute Gasteiger partial charge is 0.364 e. The highest BCUT2D eigenvalue weighted by atomic mass is 19.4. The number of alkyl halides is 3. The number of amides is 1. The number of hydrogen-bond donors (Lipinski definition) is 1. The lowest BCUT2D eigenvalue weighted by Gasteiger charge is -2.25. The lowest BCUT2D eigenvalue weighted by atomic mass is 9.95. The number of hydrogen-bond acceptors (Lipinski definition) is 7. The van der Waals surface area contributed by atoms with E-state index in [2.05, 4.69) is 30.5 Å². The van der Waals surface area contributed by atoms with Gasteiger partial charge in [-0.15, -0.1) is 4.80 Å². The van der Waals surface area contributed by atoms with Gasteiger partial charge in [-0.2, -0.15) is 23.4 Å². The summed E-state index contributed by atoms with van der Waals surface area (Å²) >= 11 is 0. The number of halogens is 3. The van der Waals surface area contributed by atoms with E-state index in [-0.39, 0.29) is 35.5 Å². The molecular weight excluding hydrogens is 413 g/mol. The second-order valence-electron chi connectivity index (χ2n) is 7.47. The van der Waals surface area contributed by atoms with Crippen LogP contribution in [0.3, 0.4) is 0 Å². The fourth-order valence-corrected chi connectivity index (χ4v) is 4.38. The molecule has 2 bridgehead atoms. The highest BCUT2D eigenvalue weighted by Gasteiger charge is 2.49.